The van der Waals surface area contributed by atoms with Crippen LogP contribution >= 0.6 is 0 Å². The third kappa shape index (κ3) is 2.46. The maximum Gasteiger partial charge on any atom is 0.165 e. The second-order valence-corrected chi connectivity index (χ2v) is 4.72. The maximum absolute atomic E-state index is 13.3. The molecule has 0 radical (unpaired) electrons. The van der Waals surface area contributed by atoms with E-state index in [4.69, 9.17) is 4.74 Å². The van der Waals surface area contributed by atoms with E-state index in [-0.39, 0.29) is 5.75 Å². The molecule has 0 aliphatic carbocycles. The first kappa shape index (κ1) is 12.2. The lowest BCUT2D eigenvalue weighted by molar-refractivity contribution is 0.0662. The van der Waals surface area contributed by atoms with Gasteiger partial charge in [0.2, 0.25) is 0 Å². The van der Waals surface area contributed by atoms with Gasteiger partial charge in [-0.2, -0.15) is 5.10 Å². The zero-order valence-corrected chi connectivity index (χ0v) is 10.4. The lowest BCUT2D eigenvalue weighted by Crippen LogP contribution is -2.19. The summed E-state index contributed by atoms with van der Waals surface area (Å²) in [6.45, 7) is 1.52. The summed E-state index contributed by atoms with van der Waals surface area (Å²) >= 11 is 0. The van der Waals surface area contributed by atoms with Crippen LogP contribution in [0.25, 0.3) is 11.1 Å². The van der Waals surface area contributed by atoms with Crippen molar-refractivity contribution in [1.82, 2.24) is 9.78 Å². The largest absolute Gasteiger partial charge is 0.505 e. The van der Waals surface area contributed by atoms with E-state index in [9.17, 15) is 9.50 Å². The molecule has 0 spiro atoms. The number of aromatic hydroxyl groups is 1. The van der Waals surface area contributed by atoms with Crippen LogP contribution in [-0.4, -0.2) is 28.1 Å². The number of phenols is 1. The lowest BCUT2D eigenvalue weighted by atomic mass is 10.1. The van der Waals surface area contributed by atoms with E-state index in [1.807, 2.05) is 10.9 Å². The third-order valence-electron chi connectivity index (χ3n) is 3.45. The first-order valence-corrected chi connectivity index (χ1v) is 6.35. The Morgan fingerprint density at radius 1 is 1.26 bits per heavy atom. The Balaban J connectivity index is 1.85. The molecule has 1 aliphatic heterocycles. The van der Waals surface area contributed by atoms with Crippen LogP contribution in [0.4, 0.5) is 4.39 Å². The molecule has 4 nitrogen and oxygen atoms in total. The van der Waals surface area contributed by atoms with Gasteiger partial charge in [0.25, 0.3) is 0 Å². The average molecular weight is 262 g/mol. The van der Waals surface area contributed by atoms with Crippen LogP contribution in [0.1, 0.15) is 18.9 Å². The Bertz CT molecular complexity index is 577. The van der Waals surface area contributed by atoms with Gasteiger partial charge in [0.05, 0.1) is 12.2 Å². The zero-order valence-electron chi connectivity index (χ0n) is 10.4. The van der Waals surface area contributed by atoms with Gasteiger partial charge in [0, 0.05) is 25.0 Å². The number of halogens is 1. The first-order valence-electron chi connectivity index (χ1n) is 6.35. The SMILES string of the molecule is Oc1ccc(-c2cnn(C3CCOCC3)c2)cc1F. The predicted octanol–water partition coefficient (Wildman–Crippen LogP) is 2.75. The monoisotopic (exact) mass is 262 g/mol. The van der Waals surface area contributed by atoms with E-state index in [1.165, 1.54) is 12.1 Å². The second-order valence-electron chi connectivity index (χ2n) is 4.72. The number of hydrogen-bond acceptors (Lipinski definition) is 3. The molecule has 1 N–H and O–H groups in total. The molecule has 100 valence electrons. The van der Waals surface area contributed by atoms with E-state index in [2.05, 4.69) is 5.10 Å². The molecule has 0 saturated carbocycles. The van der Waals surface area contributed by atoms with Crippen LogP contribution in [0, 0.1) is 5.82 Å². The molecule has 1 fully saturated rings. The topological polar surface area (TPSA) is 47.3 Å². The molecule has 19 heavy (non-hydrogen) atoms. The minimum atomic E-state index is -0.615. The number of rotatable bonds is 2. The molecule has 2 aromatic rings. The van der Waals surface area contributed by atoms with Crippen molar-refractivity contribution < 1.29 is 14.2 Å². The molecule has 0 atom stereocenters. The van der Waals surface area contributed by atoms with Crippen LogP contribution in [0.15, 0.2) is 30.6 Å². The van der Waals surface area contributed by atoms with Crippen molar-refractivity contribution in [3.05, 3.63) is 36.4 Å². The van der Waals surface area contributed by atoms with Gasteiger partial charge < -0.3 is 9.84 Å². The normalized spacial score (nSPS) is 16.7. The Morgan fingerprint density at radius 3 is 2.79 bits per heavy atom. The standard InChI is InChI=1S/C14H15FN2O2/c15-13-7-10(1-2-14(13)18)11-8-16-17(9-11)12-3-5-19-6-4-12/h1-2,7-9,12,18H,3-6H2. The molecule has 1 aromatic carbocycles. The van der Waals surface area contributed by atoms with Crippen LogP contribution in [0.5, 0.6) is 5.75 Å². The number of aromatic nitrogens is 2. The highest BCUT2D eigenvalue weighted by atomic mass is 19.1. The van der Waals surface area contributed by atoms with Crippen molar-refractivity contribution in [1.29, 1.82) is 0 Å². The molecule has 1 saturated heterocycles. The Labute approximate surface area is 110 Å². The van der Waals surface area contributed by atoms with Crippen molar-refractivity contribution in [2.75, 3.05) is 13.2 Å². The van der Waals surface area contributed by atoms with Crippen LogP contribution < -0.4 is 0 Å². The molecular weight excluding hydrogens is 247 g/mol. The highest BCUT2D eigenvalue weighted by Gasteiger charge is 2.17. The first-order chi connectivity index (χ1) is 9.24. The highest BCUT2D eigenvalue weighted by molar-refractivity contribution is 5.62. The fourth-order valence-electron chi connectivity index (χ4n) is 2.32. The van der Waals surface area contributed by atoms with Gasteiger partial charge >= 0.3 is 0 Å². The molecular formula is C14H15FN2O2. The quantitative estimate of drug-likeness (QED) is 0.905. The second kappa shape index (κ2) is 5.01. The van der Waals surface area contributed by atoms with E-state index >= 15 is 0 Å². The van der Waals surface area contributed by atoms with Crippen LogP contribution in [0.2, 0.25) is 0 Å². The van der Waals surface area contributed by atoms with Gasteiger partial charge in [-0.1, -0.05) is 6.07 Å². The number of ether oxygens (including phenoxy) is 1. The van der Waals surface area contributed by atoms with Crippen molar-refractivity contribution >= 4 is 0 Å². The van der Waals surface area contributed by atoms with Gasteiger partial charge in [-0.3, -0.25) is 4.68 Å². The fourth-order valence-corrected chi connectivity index (χ4v) is 2.32. The summed E-state index contributed by atoms with van der Waals surface area (Å²) in [5, 5.41) is 13.5. The summed E-state index contributed by atoms with van der Waals surface area (Å²) < 4.78 is 20.6. The summed E-state index contributed by atoms with van der Waals surface area (Å²) in [7, 11) is 0. The summed E-state index contributed by atoms with van der Waals surface area (Å²) in [4.78, 5) is 0. The Morgan fingerprint density at radius 2 is 2.05 bits per heavy atom. The molecule has 0 amide bonds. The van der Waals surface area contributed by atoms with Crippen LogP contribution in [0.3, 0.4) is 0 Å². The molecule has 2 heterocycles. The Kier molecular flexibility index (Phi) is 3.21. The Hall–Kier alpha value is -1.88. The van der Waals surface area contributed by atoms with E-state index in [0.29, 0.717) is 11.6 Å². The van der Waals surface area contributed by atoms with Gasteiger partial charge in [0.15, 0.2) is 11.6 Å². The van der Waals surface area contributed by atoms with Crippen molar-refractivity contribution in [2.45, 2.75) is 18.9 Å². The number of phenolic OH excluding ortho intramolecular Hbond substituents is 1. The molecule has 1 aromatic heterocycles. The van der Waals surface area contributed by atoms with Gasteiger partial charge in [-0.25, -0.2) is 4.39 Å². The summed E-state index contributed by atoms with van der Waals surface area (Å²) in [6, 6.07) is 4.71. The summed E-state index contributed by atoms with van der Waals surface area (Å²) in [5.41, 5.74) is 1.57. The number of benzene rings is 1. The van der Waals surface area contributed by atoms with Gasteiger partial charge in [-0.05, 0) is 30.5 Å². The number of hydrogen-bond donors (Lipinski definition) is 1. The summed E-state index contributed by atoms with van der Waals surface area (Å²) in [5.74, 6) is -0.947. The molecule has 0 unspecified atom stereocenters. The third-order valence-corrected chi connectivity index (χ3v) is 3.45. The van der Waals surface area contributed by atoms with Crippen molar-refractivity contribution in [3.63, 3.8) is 0 Å². The van der Waals surface area contributed by atoms with Gasteiger partial charge in [0.1, 0.15) is 0 Å². The maximum atomic E-state index is 13.3. The summed E-state index contributed by atoms with van der Waals surface area (Å²) in [6.07, 6.45) is 5.54. The lowest BCUT2D eigenvalue weighted by Gasteiger charge is -2.22. The van der Waals surface area contributed by atoms with E-state index < -0.39 is 5.82 Å². The average Bonchev–Trinajstić information content (AvgIpc) is 2.93. The molecule has 5 heteroatoms. The molecule has 3 rings (SSSR count). The smallest absolute Gasteiger partial charge is 0.165 e. The predicted molar refractivity (Wildman–Crippen MR) is 68.4 cm³/mol. The minimum Gasteiger partial charge on any atom is -0.505 e. The van der Waals surface area contributed by atoms with E-state index in [0.717, 1.165) is 31.6 Å². The highest BCUT2D eigenvalue weighted by Crippen LogP contribution is 2.27. The van der Waals surface area contributed by atoms with Crippen molar-refractivity contribution in [3.8, 4) is 16.9 Å². The minimum absolute atomic E-state index is 0.333. The van der Waals surface area contributed by atoms with Gasteiger partial charge in [-0.15, -0.1) is 0 Å². The van der Waals surface area contributed by atoms with Crippen LogP contribution in [-0.2, 0) is 4.74 Å². The number of nitrogens with zero attached hydrogens (tertiary/aromatic N) is 2. The molecule has 1 aliphatic rings. The zero-order chi connectivity index (χ0) is 13.2. The van der Waals surface area contributed by atoms with E-state index in [1.54, 1.807) is 12.3 Å². The van der Waals surface area contributed by atoms with Crippen molar-refractivity contribution in [2.24, 2.45) is 0 Å². The molecule has 0 bridgehead atoms. The fraction of sp³-hybridized carbons (Fsp3) is 0.357.